The highest BCUT2D eigenvalue weighted by atomic mass is 127. The maximum Gasteiger partial charge on any atom is 0.199 e. The van der Waals surface area contributed by atoms with Gasteiger partial charge in [-0.1, -0.05) is 24.3 Å². The van der Waals surface area contributed by atoms with Crippen molar-refractivity contribution in [3.63, 3.8) is 0 Å². The largest absolute Gasteiger partial charge is 0.351 e. The number of halogens is 1. The zero-order chi connectivity index (χ0) is 17.9. The Morgan fingerprint density at radius 2 is 2.07 bits per heavy atom. The van der Waals surface area contributed by atoms with Gasteiger partial charge in [-0.05, 0) is 36.4 Å². The molecule has 142 valence electrons. The van der Waals surface area contributed by atoms with E-state index in [-0.39, 0.29) is 24.0 Å². The summed E-state index contributed by atoms with van der Waals surface area (Å²) in [5.41, 5.74) is 2.60. The summed E-state index contributed by atoms with van der Waals surface area (Å²) in [4.78, 5) is 8.42. The van der Waals surface area contributed by atoms with E-state index in [4.69, 9.17) is 4.99 Å². The SMILES string of the molecule is Cc1nnc(CN=C(NCc2cccs2)N2CCc3ccccc32)n1C.I. The van der Waals surface area contributed by atoms with E-state index in [1.54, 1.807) is 11.3 Å². The molecule has 0 saturated heterocycles. The monoisotopic (exact) mass is 494 g/mol. The molecule has 0 amide bonds. The fourth-order valence-corrected chi connectivity index (χ4v) is 3.75. The van der Waals surface area contributed by atoms with Crippen LogP contribution in [0.15, 0.2) is 46.8 Å². The number of rotatable bonds is 4. The third-order valence-electron chi connectivity index (χ3n) is 4.70. The highest BCUT2D eigenvalue weighted by Crippen LogP contribution is 2.27. The number of para-hydroxylation sites is 1. The first-order valence-electron chi connectivity index (χ1n) is 8.73. The van der Waals surface area contributed by atoms with Crippen molar-refractivity contribution in [2.75, 3.05) is 11.4 Å². The number of anilines is 1. The van der Waals surface area contributed by atoms with E-state index in [1.807, 2.05) is 18.5 Å². The van der Waals surface area contributed by atoms with Crippen molar-refractivity contribution >= 4 is 47.0 Å². The standard InChI is InChI=1S/C19H22N6S.HI/c1-14-22-23-18(24(14)2)13-21-19(20-12-16-7-5-11-26-16)25-10-9-15-6-3-4-8-17(15)25;/h3-8,11H,9-10,12-13H2,1-2H3,(H,20,21);1H. The minimum atomic E-state index is 0. The molecule has 3 aromatic rings. The molecule has 27 heavy (non-hydrogen) atoms. The molecule has 1 N–H and O–H groups in total. The maximum absolute atomic E-state index is 4.86. The Kier molecular flexibility index (Phi) is 6.48. The van der Waals surface area contributed by atoms with Crippen molar-refractivity contribution in [2.24, 2.45) is 12.0 Å². The number of aliphatic imine (C=N–C) groups is 1. The number of aryl methyl sites for hydroxylation is 1. The van der Waals surface area contributed by atoms with Gasteiger partial charge in [0.15, 0.2) is 11.8 Å². The maximum atomic E-state index is 4.86. The van der Waals surface area contributed by atoms with E-state index in [1.165, 1.54) is 16.1 Å². The topological polar surface area (TPSA) is 58.3 Å². The van der Waals surface area contributed by atoms with Gasteiger partial charge in [0.05, 0.1) is 6.54 Å². The molecule has 0 fully saturated rings. The average molecular weight is 494 g/mol. The van der Waals surface area contributed by atoms with E-state index in [9.17, 15) is 0 Å². The van der Waals surface area contributed by atoms with E-state index in [0.29, 0.717) is 6.54 Å². The minimum absolute atomic E-state index is 0. The lowest BCUT2D eigenvalue weighted by molar-refractivity contribution is 0.764. The van der Waals surface area contributed by atoms with Gasteiger partial charge in [0.25, 0.3) is 0 Å². The average Bonchev–Trinajstić information content (AvgIpc) is 3.38. The lowest BCUT2D eigenvalue weighted by Gasteiger charge is -2.22. The highest BCUT2D eigenvalue weighted by Gasteiger charge is 2.22. The van der Waals surface area contributed by atoms with Gasteiger partial charge in [-0.2, -0.15) is 0 Å². The van der Waals surface area contributed by atoms with Crippen LogP contribution in [0.3, 0.4) is 0 Å². The third-order valence-corrected chi connectivity index (χ3v) is 5.57. The number of guanidine groups is 1. The predicted molar refractivity (Wildman–Crippen MR) is 121 cm³/mol. The summed E-state index contributed by atoms with van der Waals surface area (Å²) in [6, 6.07) is 12.8. The van der Waals surface area contributed by atoms with Gasteiger partial charge in [-0.25, -0.2) is 4.99 Å². The van der Waals surface area contributed by atoms with E-state index >= 15 is 0 Å². The molecule has 6 nitrogen and oxygen atoms in total. The number of nitrogens with one attached hydrogen (secondary N) is 1. The molecule has 0 spiro atoms. The van der Waals surface area contributed by atoms with Gasteiger partial charge in [0.2, 0.25) is 0 Å². The van der Waals surface area contributed by atoms with E-state index in [0.717, 1.165) is 37.1 Å². The summed E-state index contributed by atoms with van der Waals surface area (Å²) in [7, 11) is 1.98. The van der Waals surface area contributed by atoms with Crippen LogP contribution < -0.4 is 10.2 Å². The van der Waals surface area contributed by atoms with Gasteiger partial charge in [0.1, 0.15) is 12.4 Å². The van der Waals surface area contributed by atoms with Gasteiger partial charge in [-0.15, -0.1) is 45.5 Å². The number of aromatic nitrogens is 3. The lowest BCUT2D eigenvalue weighted by atomic mass is 10.2. The Labute approximate surface area is 180 Å². The summed E-state index contributed by atoms with van der Waals surface area (Å²) >= 11 is 1.75. The van der Waals surface area contributed by atoms with Crippen LogP contribution in [0.2, 0.25) is 0 Å². The first kappa shape index (κ1) is 19.8. The van der Waals surface area contributed by atoms with Crippen molar-refractivity contribution in [3.8, 4) is 0 Å². The van der Waals surface area contributed by atoms with Gasteiger partial charge >= 0.3 is 0 Å². The van der Waals surface area contributed by atoms with Crippen molar-refractivity contribution < 1.29 is 0 Å². The van der Waals surface area contributed by atoms with Crippen molar-refractivity contribution in [1.82, 2.24) is 20.1 Å². The summed E-state index contributed by atoms with van der Waals surface area (Å²) < 4.78 is 1.98. The lowest BCUT2D eigenvalue weighted by Crippen LogP contribution is -2.40. The summed E-state index contributed by atoms with van der Waals surface area (Å²) in [6.45, 7) is 4.16. The molecule has 1 aliphatic rings. The fourth-order valence-electron chi connectivity index (χ4n) is 3.11. The molecule has 1 aliphatic heterocycles. The quantitative estimate of drug-likeness (QED) is 0.343. The van der Waals surface area contributed by atoms with Crippen LogP contribution in [0, 0.1) is 6.92 Å². The Morgan fingerprint density at radius 3 is 2.81 bits per heavy atom. The molecule has 0 bridgehead atoms. The molecule has 8 heteroatoms. The van der Waals surface area contributed by atoms with Gasteiger partial charge in [-0.3, -0.25) is 0 Å². The molecule has 0 saturated carbocycles. The number of nitrogens with zero attached hydrogens (tertiary/aromatic N) is 5. The second-order valence-corrected chi connectivity index (χ2v) is 7.36. The minimum Gasteiger partial charge on any atom is -0.351 e. The highest BCUT2D eigenvalue weighted by molar-refractivity contribution is 14.0. The van der Waals surface area contributed by atoms with Crippen LogP contribution >= 0.6 is 35.3 Å². The number of hydrogen-bond acceptors (Lipinski definition) is 4. The van der Waals surface area contributed by atoms with E-state index in [2.05, 4.69) is 62.2 Å². The van der Waals surface area contributed by atoms with Crippen LogP contribution in [0.5, 0.6) is 0 Å². The van der Waals surface area contributed by atoms with Crippen molar-refractivity contribution in [2.45, 2.75) is 26.4 Å². The Morgan fingerprint density at radius 1 is 1.22 bits per heavy atom. The summed E-state index contributed by atoms with van der Waals surface area (Å²) in [5.74, 6) is 2.66. The number of thiophene rings is 1. The summed E-state index contributed by atoms with van der Waals surface area (Å²) in [6.07, 6.45) is 1.04. The molecule has 2 aromatic heterocycles. The van der Waals surface area contributed by atoms with Crippen LogP contribution in [-0.4, -0.2) is 27.3 Å². The molecule has 1 aromatic carbocycles. The number of hydrogen-bond donors (Lipinski definition) is 1. The van der Waals surface area contributed by atoms with Crippen LogP contribution in [-0.2, 0) is 26.6 Å². The van der Waals surface area contributed by atoms with Gasteiger partial charge < -0.3 is 14.8 Å². The molecule has 0 unspecified atom stereocenters. The van der Waals surface area contributed by atoms with Gasteiger partial charge in [0, 0.05) is 24.2 Å². The fraction of sp³-hybridized carbons (Fsp3) is 0.316. The first-order chi connectivity index (χ1) is 12.7. The molecule has 4 rings (SSSR count). The normalized spacial score (nSPS) is 13.4. The van der Waals surface area contributed by atoms with Crippen LogP contribution in [0.4, 0.5) is 5.69 Å². The molecule has 3 heterocycles. The third kappa shape index (κ3) is 4.32. The predicted octanol–water partition coefficient (Wildman–Crippen LogP) is 3.51. The van der Waals surface area contributed by atoms with Crippen molar-refractivity contribution in [3.05, 3.63) is 63.9 Å². The first-order valence-corrected chi connectivity index (χ1v) is 9.61. The molecule has 0 atom stereocenters. The zero-order valence-electron chi connectivity index (χ0n) is 15.4. The zero-order valence-corrected chi connectivity index (χ0v) is 18.6. The molecule has 0 aliphatic carbocycles. The Bertz CT molecular complexity index is 918. The molecule has 0 radical (unpaired) electrons. The smallest absolute Gasteiger partial charge is 0.199 e. The number of fused-ring (bicyclic) bond motifs is 1. The Balaban J connectivity index is 0.00000210. The molecular weight excluding hydrogens is 471 g/mol. The Hall–Kier alpha value is -1.94. The van der Waals surface area contributed by atoms with E-state index < -0.39 is 0 Å². The van der Waals surface area contributed by atoms with Crippen LogP contribution in [0.1, 0.15) is 22.1 Å². The van der Waals surface area contributed by atoms with Crippen molar-refractivity contribution in [1.29, 1.82) is 0 Å². The second-order valence-electron chi connectivity index (χ2n) is 6.33. The summed E-state index contributed by atoms with van der Waals surface area (Å²) in [5, 5.41) is 14.0. The second kappa shape index (κ2) is 8.83. The van der Waals surface area contributed by atoms with Crippen LogP contribution in [0.25, 0.3) is 0 Å². The number of benzene rings is 1. The molecular formula is C19H23IN6S.